The van der Waals surface area contributed by atoms with Crippen LogP contribution in [0.25, 0.3) is 10.9 Å². The van der Waals surface area contributed by atoms with E-state index in [1.165, 1.54) is 7.11 Å². The molecule has 7 heteroatoms. The van der Waals surface area contributed by atoms with Gasteiger partial charge in [-0.15, -0.1) is 0 Å². The molecule has 0 fully saturated rings. The number of nitrogens with one attached hydrogen (secondary N) is 2. The van der Waals surface area contributed by atoms with Crippen LogP contribution in [0.15, 0.2) is 60.8 Å². The van der Waals surface area contributed by atoms with Gasteiger partial charge in [0.25, 0.3) is 0 Å². The molecule has 0 saturated heterocycles. The van der Waals surface area contributed by atoms with E-state index in [2.05, 4.69) is 15.6 Å². The number of nitrogens with zero attached hydrogens (tertiary/aromatic N) is 1. The number of aromatic nitrogens is 1. The molecule has 3 rings (SSSR count). The lowest BCUT2D eigenvalue weighted by molar-refractivity contribution is -0.143. The zero-order valence-electron chi connectivity index (χ0n) is 20.8. The summed E-state index contributed by atoms with van der Waals surface area (Å²) in [6.07, 6.45) is 3.32. The van der Waals surface area contributed by atoms with Gasteiger partial charge in [-0.05, 0) is 47.6 Å². The van der Waals surface area contributed by atoms with Crippen LogP contribution in [-0.4, -0.2) is 29.9 Å². The number of para-hydroxylation sites is 1. The minimum Gasteiger partial charge on any atom is -0.469 e. The number of fused-ring (bicyclic) bond motifs is 1. The maximum atomic E-state index is 12.6. The van der Waals surface area contributed by atoms with Crippen molar-refractivity contribution >= 4 is 40.1 Å². The summed E-state index contributed by atoms with van der Waals surface area (Å²) in [5.74, 6) is -0.348. The van der Waals surface area contributed by atoms with E-state index in [4.69, 9.17) is 4.74 Å². The van der Waals surface area contributed by atoms with E-state index >= 15 is 0 Å². The third-order valence-corrected chi connectivity index (χ3v) is 5.79. The summed E-state index contributed by atoms with van der Waals surface area (Å²) in [6, 6.07) is 16.8. The molecular weight excluding hydrogens is 442 g/mol. The molecule has 184 valence electrons. The van der Waals surface area contributed by atoms with Crippen LogP contribution in [-0.2, 0) is 25.5 Å². The van der Waals surface area contributed by atoms with Crippen molar-refractivity contribution in [3.8, 4) is 0 Å². The Labute approximate surface area is 206 Å². The van der Waals surface area contributed by atoms with Gasteiger partial charge in [0.05, 0.1) is 31.2 Å². The number of methoxy groups -OCH3 is 1. The Morgan fingerprint density at radius 3 is 2.40 bits per heavy atom. The van der Waals surface area contributed by atoms with Crippen molar-refractivity contribution in [2.45, 2.75) is 46.5 Å². The van der Waals surface area contributed by atoms with Gasteiger partial charge in [0.2, 0.25) is 11.8 Å². The molecule has 0 bridgehead atoms. The molecule has 0 spiro atoms. The lowest BCUT2D eigenvalue weighted by Crippen LogP contribution is -2.23. The highest BCUT2D eigenvalue weighted by Gasteiger charge is 2.26. The third-order valence-electron chi connectivity index (χ3n) is 5.79. The number of esters is 1. The Balaban J connectivity index is 1.50. The lowest BCUT2D eigenvalue weighted by Gasteiger charge is -2.26. The Kier molecular flexibility index (Phi) is 8.58. The number of rotatable bonds is 10. The summed E-state index contributed by atoms with van der Waals surface area (Å²) in [6.45, 7) is 6.01. The summed E-state index contributed by atoms with van der Waals surface area (Å²) in [7, 11) is 1.38. The van der Waals surface area contributed by atoms with Crippen LogP contribution in [0.2, 0.25) is 0 Å². The van der Waals surface area contributed by atoms with Crippen LogP contribution in [0.4, 0.5) is 11.4 Å². The van der Waals surface area contributed by atoms with Crippen LogP contribution in [0.1, 0.15) is 45.6 Å². The molecule has 2 N–H and O–H groups in total. The van der Waals surface area contributed by atoms with E-state index in [9.17, 15) is 14.4 Å². The Morgan fingerprint density at radius 2 is 1.69 bits per heavy atom. The summed E-state index contributed by atoms with van der Waals surface area (Å²) < 4.78 is 4.76. The highest BCUT2D eigenvalue weighted by atomic mass is 16.5. The van der Waals surface area contributed by atoms with Crippen LogP contribution >= 0.6 is 0 Å². The molecule has 1 unspecified atom stereocenters. The van der Waals surface area contributed by atoms with Crippen LogP contribution in [0.5, 0.6) is 0 Å². The molecule has 35 heavy (non-hydrogen) atoms. The molecule has 1 atom stereocenters. The third kappa shape index (κ3) is 7.91. The first-order valence-corrected chi connectivity index (χ1v) is 11.7. The predicted octanol–water partition coefficient (Wildman–Crippen LogP) is 5.36. The molecule has 0 radical (unpaired) electrons. The van der Waals surface area contributed by atoms with Crippen molar-refractivity contribution in [1.29, 1.82) is 0 Å². The number of hydrogen-bond donors (Lipinski definition) is 2. The largest absolute Gasteiger partial charge is 0.469 e. The Morgan fingerprint density at radius 1 is 0.971 bits per heavy atom. The molecule has 3 aromatic rings. The van der Waals surface area contributed by atoms with Crippen molar-refractivity contribution < 1.29 is 19.1 Å². The summed E-state index contributed by atoms with van der Waals surface area (Å²) in [5.41, 5.74) is 2.71. The van der Waals surface area contributed by atoms with Crippen molar-refractivity contribution in [1.82, 2.24) is 4.98 Å². The maximum Gasteiger partial charge on any atom is 0.306 e. The van der Waals surface area contributed by atoms with Gasteiger partial charge in [0.15, 0.2) is 0 Å². The number of hydrogen-bond acceptors (Lipinski definition) is 5. The Hall–Kier alpha value is -3.74. The second kappa shape index (κ2) is 11.6. The monoisotopic (exact) mass is 475 g/mol. The maximum absolute atomic E-state index is 12.6. The smallest absolute Gasteiger partial charge is 0.306 e. The van der Waals surface area contributed by atoms with Crippen LogP contribution in [0.3, 0.4) is 0 Å². The highest BCUT2D eigenvalue weighted by Crippen LogP contribution is 2.31. The standard InChI is InChI=1S/C28H33N3O4/c1-19(17-28(2,3)18-26(34)35-4)15-24(32)30-22-12-10-20(11-13-22)16-25(33)31-23-9-5-7-21-8-6-14-29-27(21)23/h5-14,19H,15-18H2,1-4H3,(H,30,32)(H,31,33). The lowest BCUT2D eigenvalue weighted by atomic mass is 9.79. The van der Waals surface area contributed by atoms with E-state index in [-0.39, 0.29) is 35.5 Å². The average molecular weight is 476 g/mol. The van der Waals surface area contributed by atoms with Gasteiger partial charge in [-0.2, -0.15) is 0 Å². The van der Waals surface area contributed by atoms with E-state index in [1.807, 2.05) is 63.2 Å². The van der Waals surface area contributed by atoms with Gasteiger partial charge in [0, 0.05) is 23.7 Å². The summed E-state index contributed by atoms with van der Waals surface area (Å²) >= 11 is 0. The van der Waals surface area contributed by atoms with E-state index < -0.39 is 0 Å². The second-order valence-electron chi connectivity index (χ2n) is 9.78. The number of carbonyl (C=O) groups excluding carboxylic acids is 3. The molecule has 1 heterocycles. The van der Waals surface area contributed by atoms with E-state index in [0.717, 1.165) is 22.9 Å². The van der Waals surface area contributed by atoms with Crippen LogP contribution < -0.4 is 10.6 Å². The molecule has 0 aliphatic heterocycles. The second-order valence-corrected chi connectivity index (χ2v) is 9.78. The topological polar surface area (TPSA) is 97.4 Å². The first-order chi connectivity index (χ1) is 16.6. The molecular formula is C28H33N3O4. The number of benzene rings is 2. The number of ether oxygens (including phenoxy) is 1. The van der Waals surface area contributed by atoms with Gasteiger partial charge in [0.1, 0.15) is 0 Å². The predicted molar refractivity (Wildman–Crippen MR) is 138 cm³/mol. The van der Waals surface area contributed by atoms with Crippen molar-refractivity contribution in [2.75, 3.05) is 17.7 Å². The molecule has 0 aliphatic carbocycles. The number of carbonyl (C=O) groups is 3. The molecule has 1 aromatic heterocycles. The van der Waals surface area contributed by atoms with Gasteiger partial charge < -0.3 is 15.4 Å². The zero-order valence-corrected chi connectivity index (χ0v) is 20.8. The quantitative estimate of drug-likeness (QED) is 0.385. The minimum absolute atomic E-state index is 0.0830. The molecule has 7 nitrogen and oxygen atoms in total. The first-order valence-electron chi connectivity index (χ1n) is 11.7. The van der Waals surface area contributed by atoms with Crippen LogP contribution in [0, 0.1) is 11.3 Å². The fourth-order valence-electron chi connectivity index (χ4n) is 4.37. The number of amides is 2. The van der Waals surface area contributed by atoms with Gasteiger partial charge in [-0.3, -0.25) is 19.4 Å². The SMILES string of the molecule is COC(=O)CC(C)(C)CC(C)CC(=O)Nc1ccc(CC(=O)Nc2cccc3cccnc23)cc1. The Bertz CT molecular complexity index is 1180. The fourth-order valence-corrected chi connectivity index (χ4v) is 4.37. The van der Waals surface area contributed by atoms with Gasteiger partial charge in [-0.1, -0.05) is 51.1 Å². The molecule has 2 aromatic carbocycles. The van der Waals surface area contributed by atoms with Gasteiger partial charge in [-0.25, -0.2) is 0 Å². The average Bonchev–Trinajstić information content (AvgIpc) is 2.79. The molecule has 2 amide bonds. The number of anilines is 2. The molecule has 0 aliphatic rings. The summed E-state index contributed by atoms with van der Waals surface area (Å²) in [4.78, 5) is 41.0. The van der Waals surface area contributed by atoms with Crippen molar-refractivity contribution in [2.24, 2.45) is 11.3 Å². The number of pyridine rings is 1. The minimum atomic E-state index is -0.241. The fraction of sp³-hybridized carbons (Fsp3) is 0.357. The van der Waals surface area contributed by atoms with E-state index in [1.54, 1.807) is 18.3 Å². The summed E-state index contributed by atoms with van der Waals surface area (Å²) in [5, 5.41) is 6.81. The molecule has 0 saturated carbocycles. The van der Waals surface area contributed by atoms with Crippen molar-refractivity contribution in [3.05, 3.63) is 66.4 Å². The highest BCUT2D eigenvalue weighted by molar-refractivity contribution is 6.00. The first kappa shape index (κ1) is 25.9. The normalized spacial score (nSPS) is 12.1. The van der Waals surface area contributed by atoms with Crippen molar-refractivity contribution in [3.63, 3.8) is 0 Å². The van der Waals surface area contributed by atoms with E-state index in [0.29, 0.717) is 24.2 Å². The zero-order chi connectivity index (χ0) is 25.4. The van der Waals surface area contributed by atoms with Gasteiger partial charge >= 0.3 is 5.97 Å².